The molecule has 5 nitrogen and oxygen atoms in total. The van der Waals surface area contributed by atoms with Crippen LogP contribution in [0.4, 0.5) is 0 Å². The largest absolute Gasteiger partial charge is 0.387 e. The monoisotopic (exact) mass is 299 g/mol. The van der Waals surface area contributed by atoms with E-state index in [9.17, 15) is 5.11 Å². The normalized spacial score (nSPS) is 13.1. The van der Waals surface area contributed by atoms with E-state index in [1.54, 1.807) is 6.26 Å². The molecule has 2 N–H and O–H groups in total. The van der Waals surface area contributed by atoms with Crippen molar-refractivity contribution in [3.8, 4) is 11.3 Å². The lowest BCUT2D eigenvalue weighted by molar-refractivity contribution is 0.140. The summed E-state index contributed by atoms with van der Waals surface area (Å²) in [7, 11) is 3.91. The van der Waals surface area contributed by atoms with Crippen molar-refractivity contribution in [2.24, 2.45) is 0 Å². The molecule has 0 spiro atoms. The summed E-state index contributed by atoms with van der Waals surface area (Å²) in [5, 5.41) is 15.8. The quantitative estimate of drug-likeness (QED) is 0.760. The highest BCUT2D eigenvalue weighted by Gasteiger charge is 2.23. The van der Waals surface area contributed by atoms with Crippen molar-refractivity contribution in [2.75, 3.05) is 20.6 Å². The lowest BCUT2D eigenvalue weighted by atomic mass is 10.00. The van der Waals surface area contributed by atoms with Crippen LogP contribution < -0.4 is 0 Å². The van der Waals surface area contributed by atoms with Gasteiger partial charge in [-0.25, -0.2) is 0 Å². The van der Waals surface area contributed by atoms with Gasteiger partial charge in [0, 0.05) is 23.0 Å². The molecular formula is C17H21N3O2. The molecule has 0 bridgehead atoms. The first kappa shape index (κ1) is 14.8. The Morgan fingerprint density at radius 3 is 2.82 bits per heavy atom. The van der Waals surface area contributed by atoms with Crippen molar-refractivity contribution in [3.05, 3.63) is 41.8 Å². The third-order valence-electron chi connectivity index (χ3n) is 3.87. The van der Waals surface area contributed by atoms with Crippen LogP contribution in [0.15, 0.2) is 35.1 Å². The number of nitrogens with zero attached hydrogens (tertiary/aromatic N) is 2. The van der Waals surface area contributed by atoms with Gasteiger partial charge in [-0.2, -0.15) is 0 Å². The van der Waals surface area contributed by atoms with Gasteiger partial charge in [-0.05, 0) is 26.6 Å². The van der Waals surface area contributed by atoms with E-state index >= 15 is 0 Å². The van der Waals surface area contributed by atoms with E-state index in [2.05, 4.69) is 10.1 Å². The molecule has 0 radical (unpaired) electrons. The molecular weight excluding hydrogens is 278 g/mol. The molecule has 3 aromatic rings. The number of H-pyrrole nitrogens is 1. The van der Waals surface area contributed by atoms with Crippen LogP contribution in [0.1, 0.15) is 24.3 Å². The van der Waals surface area contributed by atoms with E-state index in [1.807, 2.05) is 50.2 Å². The molecule has 22 heavy (non-hydrogen) atoms. The van der Waals surface area contributed by atoms with Crippen molar-refractivity contribution in [1.82, 2.24) is 15.0 Å². The van der Waals surface area contributed by atoms with Gasteiger partial charge in [0.15, 0.2) is 0 Å². The predicted octanol–water partition coefficient (Wildman–Crippen LogP) is 2.98. The molecule has 0 saturated heterocycles. The van der Waals surface area contributed by atoms with Crippen LogP contribution in [0.2, 0.25) is 0 Å². The van der Waals surface area contributed by atoms with Gasteiger partial charge in [0.2, 0.25) is 0 Å². The second-order valence-electron chi connectivity index (χ2n) is 5.77. The molecule has 1 atom stereocenters. The predicted molar refractivity (Wildman–Crippen MR) is 86.7 cm³/mol. The molecule has 0 fully saturated rings. The third-order valence-corrected chi connectivity index (χ3v) is 3.87. The first-order chi connectivity index (χ1) is 10.6. The summed E-state index contributed by atoms with van der Waals surface area (Å²) in [5.41, 5.74) is 4.63. The standard InChI is InChI=1S/C17H21N3O2/c1-4-13-12(10-22-19-13)17-16(15(21)9-20(2)3)11-7-5-6-8-14(11)18-17/h5-8,10,15,18,21H,4,9H2,1-3H3. The minimum atomic E-state index is -0.583. The highest BCUT2D eigenvalue weighted by atomic mass is 16.5. The number of likely N-dealkylation sites (N-methyl/N-ethyl adjacent to an activating group) is 1. The number of aliphatic hydroxyl groups excluding tert-OH is 1. The number of fused-ring (bicyclic) bond motifs is 1. The highest BCUT2D eigenvalue weighted by molar-refractivity contribution is 5.91. The smallest absolute Gasteiger partial charge is 0.133 e. The molecule has 0 amide bonds. The second-order valence-corrected chi connectivity index (χ2v) is 5.77. The Labute approximate surface area is 129 Å². The van der Waals surface area contributed by atoms with Crippen molar-refractivity contribution >= 4 is 10.9 Å². The molecule has 5 heteroatoms. The van der Waals surface area contributed by atoms with Crippen LogP contribution in [0, 0.1) is 0 Å². The summed E-state index contributed by atoms with van der Waals surface area (Å²) >= 11 is 0. The zero-order valence-electron chi connectivity index (χ0n) is 13.1. The molecule has 1 aromatic carbocycles. The van der Waals surface area contributed by atoms with E-state index in [-0.39, 0.29) is 0 Å². The number of benzene rings is 1. The topological polar surface area (TPSA) is 65.3 Å². The van der Waals surface area contributed by atoms with Crippen molar-refractivity contribution in [1.29, 1.82) is 0 Å². The molecule has 116 valence electrons. The number of nitrogens with one attached hydrogen (secondary N) is 1. The minimum Gasteiger partial charge on any atom is -0.387 e. The Hall–Kier alpha value is -2.11. The zero-order chi connectivity index (χ0) is 15.7. The molecule has 0 aliphatic rings. The number of aromatic amines is 1. The summed E-state index contributed by atoms with van der Waals surface area (Å²) in [6, 6.07) is 8.02. The van der Waals surface area contributed by atoms with Gasteiger partial charge < -0.3 is 19.5 Å². The van der Waals surface area contributed by atoms with Crippen LogP contribution in [-0.4, -0.2) is 40.8 Å². The number of aromatic nitrogens is 2. The van der Waals surface area contributed by atoms with Gasteiger partial charge in [0.05, 0.1) is 23.1 Å². The van der Waals surface area contributed by atoms with Crippen LogP contribution in [0.25, 0.3) is 22.2 Å². The number of hydrogen-bond acceptors (Lipinski definition) is 4. The SMILES string of the molecule is CCc1nocc1-c1[nH]c2ccccc2c1C(O)CN(C)C. The summed E-state index contributed by atoms with van der Waals surface area (Å²) in [6.07, 6.45) is 1.85. The van der Waals surface area contributed by atoms with Gasteiger partial charge in [-0.3, -0.25) is 0 Å². The first-order valence-electron chi connectivity index (χ1n) is 7.48. The molecule has 3 rings (SSSR count). The molecule has 1 unspecified atom stereocenters. The maximum atomic E-state index is 10.7. The minimum absolute atomic E-state index is 0.557. The summed E-state index contributed by atoms with van der Waals surface area (Å²) < 4.78 is 5.14. The second kappa shape index (κ2) is 5.94. The summed E-state index contributed by atoms with van der Waals surface area (Å²) in [6.45, 7) is 2.60. The molecule has 2 aromatic heterocycles. The molecule has 0 aliphatic heterocycles. The third kappa shape index (κ3) is 2.53. The fraction of sp³-hybridized carbons (Fsp3) is 0.353. The summed E-state index contributed by atoms with van der Waals surface area (Å²) in [5.74, 6) is 0. The van der Waals surface area contributed by atoms with Crippen molar-refractivity contribution in [2.45, 2.75) is 19.4 Å². The Balaban J connectivity index is 2.21. The van der Waals surface area contributed by atoms with E-state index < -0.39 is 6.10 Å². The van der Waals surface area contributed by atoms with E-state index in [0.717, 1.165) is 39.8 Å². The van der Waals surface area contributed by atoms with Crippen LogP contribution >= 0.6 is 0 Å². The van der Waals surface area contributed by atoms with Gasteiger partial charge >= 0.3 is 0 Å². The van der Waals surface area contributed by atoms with Crippen LogP contribution in [-0.2, 0) is 6.42 Å². The zero-order valence-corrected chi connectivity index (χ0v) is 13.1. The average Bonchev–Trinajstić information content (AvgIpc) is 3.09. The van der Waals surface area contributed by atoms with E-state index in [1.165, 1.54) is 0 Å². The Morgan fingerprint density at radius 1 is 1.32 bits per heavy atom. The number of para-hydroxylation sites is 1. The lowest BCUT2D eigenvalue weighted by Crippen LogP contribution is -2.20. The first-order valence-corrected chi connectivity index (χ1v) is 7.48. The maximum Gasteiger partial charge on any atom is 0.133 e. The van der Waals surface area contributed by atoms with Crippen molar-refractivity contribution in [3.63, 3.8) is 0 Å². The van der Waals surface area contributed by atoms with Gasteiger partial charge in [-0.15, -0.1) is 0 Å². The Bertz CT molecular complexity index is 773. The Kier molecular flexibility index (Phi) is 4.00. The fourth-order valence-electron chi connectivity index (χ4n) is 2.88. The average molecular weight is 299 g/mol. The van der Waals surface area contributed by atoms with Gasteiger partial charge in [-0.1, -0.05) is 30.3 Å². The lowest BCUT2D eigenvalue weighted by Gasteiger charge is -2.17. The number of aliphatic hydroxyl groups is 1. The number of aryl methyl sites for hydroxylation is 1. The Morgan fingerprint density at radius 2 is 2.09 bits per heavy atom. The number of hydrogen-bond donors (Lipinski definition) is 2. The van der Waals surface area contributed by atoms with E-state index in [0.29, 0.717) is 6.54 Å². The van der Waals surface area contributed by atoms with Crippen molar-refractivity contribution < 1.29 is 9.63 Å². The summed E-state index contributed by atoms with van der Waals surface area (Å²) in [4.78, 5) is 5.39. The maximum absolute atomic E-state index is 10.7. The highest BCUT2D eigenvalue weighted by Crippen LogP contribution is 2.36. The van der Waals surface area contributed by atoms with E-state index in [4.69, 9.17) is 4.52 Å². The fourth-order valence-corrected chi connectivity index (χ4v) is 2.88. The van der Waals surface area contributed by atoms with Crippen LogP contribution in [0.3, 0.4) is 0 Å². The molecule has 2 heterocycles. The molecule has 0 saturated carbocycles. The van der Waals surface area contributed by atoms with Gasteiger partial charge in [0.1, 0.15) is 6.26 Å². The van der Waals surface area contributed by atoms with Crippen LogP contribution in [0.5, 0.6) is 0 Å². The number of rotatable bonds is 5. The van der Waals surface area contributed by atoms with Gasteiger partial charge in [0.25, 0.3) is 0 Å². The molecule has 0 aliphatic carbocycles.